The maximum Gasteiger partial charge on any atom is 0.330 e. The molecule has 0 spiro atoms. The first-order valence-electron chi connectivity index (χ1n) is 6.80. The lowest BCUT2D eigenvalue weighted by Crippen LogP contribution is -2.06. The normalized spacial score (nSPS) is 17.0. The average Bonchev–Trinajstić information content (AvgIpc) is 2.45. The highest BCUT2D eigenvalue weighted by Gasteiger charge is 2.18. The van der Waals surface area contributed by atoms with E-state index in [0.717, 1.165) is 29.4 Å². The summed E-state index contributed by atoms with van der Waals surface area (Å²) in [6.45, 7) is 4.27. The highest BCUT2D eigenvalue weighted by molar-refractivity contribution is 5.89. The molecule has 2 rings (SSSR count). The Balaban J connectivity index is 2.42. The SMILES string of the molecule is CCOC(=O)/C=C/c1ccc(C=O)c2c1C(C)CC=C2. The Morgan fingerprint density at radius 1 is 1.40 bits per heavy atom. The van der Waals surface area contributed by atoms with Crippen molar-refractivity contribution in [3.63, 3.8) is 0 Å². The quantitative estimate of drug-likeness (QED) is 0.477. The van der Waals surface area contributed by atoms with Gasteiger partial charge in [0.25, 0.3) is 0 Å². The molecule has 1 aliphatic carbocycles. The minimum Gasteiger partial charge on any atom is -0.463 e. The van der Waals surface area contributed by atoms with Gasteiger partial charge in [-0.15, -0.1) is 0 Å². The van der Waals surface area contributed by atoms with Crippen molar-refractivity contribution in [3.8, 4) is 0 Å². The van der Waals surface area contributed by atoms with Crippen LogP contribution in [-0.2, 0) is 9.53 Å². The van der Waals surface area contributed by atoms with E-state index in [4.69, 9.17) is 4.74 Å². The van der Waals surface area contributed by atoms with Crippen LogP contribution in [-0.4, -0.2) is 18.9 Å². The molecule has 1 aromatic rings. The summed E-state index contributed by atoms with van der Waals surface area (Å²) in [5, 5.41) is 0. The van der Waals surface area contributed by atoms with Crippen LogP contribution < -0.4 is 0 Å². The molecule has 0 heterocycles. The Morgan fingerprint density at radius 2 is 2.15 bits per heavy atom. The molecule has 1 aromatic carbocycles. The van der Waals surface area contributed by atoms with E-state index < -0.39 is 0 Å². The van der Waals surface area contributed by atoms with Crippen LogP contribution in [0, 0.1) is 0 Å². The van der Waals surface area contributed by atoms with Crippen molar-refractivity contribution in [1.29, 1.82) is 0 Å². The van der Waals surface area contributed by atoms with Crippen LogP contribution in [0.25, 0.3) is 12.2 Å². The van der Waals surface area contributed by atoms with Gasteiger partial charge in [-0.2, -0.15) is 0 Å². The molecule has 20 heavy (non-hydrogen) atoms. The lowest BCUT2D eigenvalue weighted by Gasteiger charge is -2.21. The van der Waals surface area contributed by atoms with Crippen molar-refractivity contribution >= 4 is 24.4 Å². The first kappa shape index (κ1) is 14.3. The second kappa shape index (κ2) is 6.33. The number of aldehydes is 1. The van der Waals surface area contributed by atoms with Gasteiger partial charge in [0, 0.05) is 11.6 Å². The van der Waals surface area contributed by atoms with Crippen LogP contribution in [0.2, 0.25) is 0 Å². The van der Waals surface area contributed by atoms with Gasteiger partial charge < -0.3 is 4.74 Å². The molecule has 1 aliphatic rings. The molecular weight excluding hydrogens is 252 g/mol. The average molecular weight is 270 g/mol. The summed E-state index contributed by atoms with van der Waals surface area (Å²) < 4.78 is 4.88. The third kappa shape index (κ3) is 2.87. The van der Waals surface area contributed by atoms with Gasteiger partial charge in [0.15, 0.2) is 6.29 Å². The summed E-state index contributed by atoms with van der Waals surface area (Å²) in [6.07, 6.45) is 9.08. The monoisotopic (exact) mass is 270 g/mol. The molecule has 0 aromatic heterocycles. The number of carbonyl (C=O) groups is 2. The van der Waals surface area contributed by atoms with Gasteiger partial charge in [-0.1, -0.05) is 31.2 Å². The molecule has 0 bridgehead atoms. The van der Waals surface area contributed by atoms with Gasteiger partial charge >= 0.3 is 5.97 Å². The van der Waals surface area contributed by atoms with Gasteiger partial charge in [0.2, 0.25) is 0 Å². The van der Waals surface area contributed by atoms with E-state index in [-0.39, 0.29) is 5.97 Å². The second-order valence-electron chi connectivity index (χ2n) is 4.81. The topological polar surface area (TPSA) is 43.4 Å². The van der Waals surface area contributed by atoms with Crippen molar-refractivity contribution in [3.05, 3.63) is 46.5 Å². The van der Waals surface area contributed by atoms with E-state index in [2.05, 4.69) is 13.0 Å². The van der Waals surface area contributed by atoms with Gasteiger partial charge in [-0.05, 0) is 42.0 Å². The second-order valence-corrected chi connectivity index (χ2v) is 4.81. The van der Waals surface area contributed by atoms with Gasteiger partial charge in [0.05, 0.1) is 6.61 Å². The fourth-order valence-corrected chi connectivity index (χ4v) is 2.51. The Bertz CT molecular complexity index is 582. The lowest BCUT2D eigenvalue weighted by molar-refractivity contribution is -0.137. The first-order chi connectivity index (χ1) is 9.67. The van der Waals surface area contributed by atoms with E-state index >= 15 is 0 Å². The summed E-state index contributed by atoms with van der Waals surface area (Å²) >= 11 is 0. The molecule has 3 heteroatoms. The highest BCUT2D eigenvalue weighted by Crippen LogP contribution is 2.34. The fraction of sp³-hybridized carbons (Fsp3) is 0.294. The number of benzene rings is 1. The van der Waals surface area contributed by atoms with E-state index in [1.807, 2.05) is 12.1 Å². The van der Waals surface area contributed by atoms with Crippen molar-refractivity contribution < 1.29 is 14.3 Å². The van der Waals surface area contributed by atoms with Crippen LogP contribution in [0.4, 0.5) is 0 Å². The highest BCUT2D eigenvalue weighted by atomic mass is 16.5. The fourth-order valence-electron chi connectivity index (χ4n) is 2.51. The third-order valence-corrected chi connectivity index (χ3v) is 3.43. The summed E-state index contributed by atoms with van der Waals surface area (Å²) in [5.41, 5.74) is 3.74. The van der Waals surface area contributed by atoms with E-state index in [1.165, 1.54) is 6.08 Å². The number of rotatable bonds is 4. The van der Waals surface area contributed by atoms with Crippen LogP contribution in [0.1, 0.15) is 53.2 Å². The van der Waals surface area contributed by atoms with E-state index in [9.17, 15) is 9.59 Å². The zero-order valence-corrected chi connectivity index (χ0v) is 11.8. The molecule has 0 saturated carbocycles. The number of hydrogen-bond donors (Lipinski definition) is 0. The summed E-state index contributed by atoms with van der Waals surface area (Å²) in [5.74, 6) is -0.0172. The van der Waals surface area contributed by atoms with Crippen LogP contribution in [0.15, 0.2) is 24.3 Å². The smallest absolute Gasteiger partial charge is 0.330 e. The molecular formula is C17H18O3. The number of ether oxygens (including phenoxy) is 1. The van der Waals surface area contributed by atoms with Crippen LogP contribution in [0.3, 0.4) is 0 Å². The molecule has 104 valence electrons. The number of esters is 1. The predicted octanol–water partition coefficient (Wildman–Crippen LogP) is 3.60. The Hall–Kier alpha value is -2.16. The molecule has 1 unspecified atom stereocenters. The van der Waals surface area contributed by atoms with Gasteiger partial charge in [-0.25, -0.2) is 4.79 Å². The Labute approximate surface area is 118 Å². The number of carbonyl (C=O) groups excluding carboxylic acids is 2. The zero-order valence-electron chi connectivity index (χ0n) is 11.8. The molecule has 1 atom stereocenters. The van der Waals surface area contributed by atoms with Gasteiger partial charge in [-0.3, -0.25) is 4.79 Å². The largest absolute Gasteiger partial charge is 0.463 e. The molecule has 0 saturated heterocycles. The van der Waals surface area contributed by atoms with E-state index in [0.29, 0.717) is 18.1 Å². The third-order valence-electron chi connectivity index (χ3n) is 3.43. The van der Waals surface area contributed by atoms with E-state index in [1.54, 1.807) is 19.1 Å². The van der Waals surface area contributed by atoms with Gasteiger partial charge in [0.1, 0.15) is 0 Å². The van der Waals surface area contributed by atoms with Crippen molar-refractivity contribution in [2.45, 2.75) is 26.2 Å². The summed E-state index contributed by atoms with van der Waals surface area (Å²) in [7, 11) is 0. The minimum atomic E-state index is -0.347. The lowest BCUT2D eigenvalue weighted by atomic mass is 9.83. The predicted molar refractivity (Wildman–Crippen MR) is 79.6 cm³/mol. The molecule has 3 nitrogen and oxygen atoms in total. The molecule has 0 aliphatic heterocycles. The standard InChI is InChI=1S/C17H18O3/c1-3-20-16(19)10-9-13-7-8-14(11-18)15-6-4-5-12(2)17(13)15/h4,6-12H,3,5H2,1-2H3/b10-9+. The van der Waals surface area contributed by atoms with Crippen molar-refractivity contribution in [2.75, 3.05) is 6.61 Å². The summed E-state index contributed by atoms with van der Waals surface area (Å²) in [6, 6.07) is 3.67. The number of fused-ring (bicyclic) bond motifs is 1. The Morgan fingerprint density at radius 3 is 2.85 bits per heavy atom. The molecule has 0 N–H and O–H groups in total. The van der Waals surface area contributed by atoms with Crippen LogP contribution >= 0.6 is 0 Å². The molecule has 0 fully saturated rings. The minimum absolute atomic E-state index is 0.330. The first-order valence-corrected chi connectivity index (χ1v) is 6.80. The molecule has 0 amide bonds. The number of allylic oxidation sites excluding steroid dienone is 1. The summed E-state index contributed by atoms with van der Waals surface area (Å²) in [4.78, 5) is 22.5. The number of hydrogen-bond acceptors (Lipinski definition) is 3. The van der Waals surface area contributed by atoms with Crippen LogP contribution in [0.5, 0.6) is 0 Å². The molecule has 0 radical (unpaired) electrons. The van der Waals surface area contributed by atoms with Crippen molar-refractivity contribution in [1.82, 2.24) is 0 Å². The maximum atomic E-state index is 11.4. The maximum absolute atomic E-state index is 11.4. The van der Waals surface area contributed by atoms with Crippen molar-refractivity contribution in [2.24, 2.45) is 0 Å². The zero-order chi connectivity index (χ0) is 14.5. The Kier molecular flexibility index (Phi) is 4.51.